The van der Waals surface area contributed by atoms with E-state index in [1.165, 1.54) is 18.5 Å². The summed E-state index contributed by atoms with van der Waals surface area (Å²) in [5, 5.41) is 9.12. The average molecular weight is 336 g/mol. The first kappa shape index (κ1) is 16.0. The molecule has 4 heterocycles. The fourth-order valence-electron chi connectivity index (χ4n) is 3.49. The molecule has 0 fully saturated rings. The van der Waals surface area contributed by atoms with Crippen LogP contribution in [0.4, 0.5) is 5.95 Å². The van der Waals surface area contributed by atoms with Gasteiger partial charge in [0.15, 0.2) is 0 Å². The van der Waals surface area contributed by atoms with Crippen LogP contribution in [0.1, 0.15) is 45.2 Å². The van der Waals surface area contributed by atoms with Crippen molar-refractivity contribution >= 4 is 16.9 Å². The van der Waals surface area contributed by atoms with Gasteiger partial charge in [-0.15, -0.1) is 0 Å². The first-order valence-corrected chi connectivity index (χ1v) is 9.19. The summed E-state index contributed by atoms with van der Waals surface area (Å²) in [6.45, 7) is 5.35. The van der Waals surface area contributed by atoms with Crippen molar-refractivity contribution in [2.24, 2.45) is 0 Å². The first-order chi connectivity index (χ1) is 12.2. The summed E-state index contributed by atoms with van der Waals surface area (Å²) in [5.41, 5.74) is 4.16. The van der Waals surface area contributed by atoms with Crippen LogP contribution >= 0.6 is 0 Å². The summed E-state index contributed by atoms with van der Waals surface area (Å²) in [4.78, 5) is 13.6. The van der Waals surface area contributed by atoms with Gasteiger partial charge in [-0.25, -0.2) is 9.97 Å². The van der Waals surface area contributed by atoms with Gasteiger partial charge in [-0.1, -0.05) is 13.3 Å². The third kappa shape index (κ3) is 3.21. The van der Waals surface area contributed by atoms with E-state index in [1.54, 1.807) is 0 Å². The van der Waals surface area contributed by atoms with Gasteiger partial charge >= 0.3 is 0 Å². The largest absolute Gasteiger partial charge is 0.352 e. The lowest BCUT2D eigenvalue weighted by Crippen LogP contribution is -2.16. The van der Waals surface area contributed by atoms with Gasteiger partial charge in [-0.05, 0) is 38.7 Å². The minimum absolute atomic E-state index is 0.354. The Morgan fingerprint density at radius 2 is 2.16 bits per heavy atom. The quantitative estimate of drug-likeness (QED) is 0.767. The lowest BCUT2D eigenvalue weighted by Gasteiger charge is -2.13. The molecular formula is C19H24N6. The number of nitrogens with one attached hydrogen (secondary N) is 1. The fourth-order valence-corrected chi connectivity index (χ4v) is 3.49. The number of nitrogens with zero attached hydrogens (tertiary/aromatic N) is 5. The topological polar surface area (TPSA) is 68.5 Å². The molecule has 1 atom stereocenters. The minimum atomic E-state index is 0.354. The number of hydrogen-bond donors (Lipinski definition) is 1. The molecule has 3 aromatic heterocycles. The summed E-state index contributed by atoms with van der Waals surface area (Å²) < 4.78 is 2.13. The van der Waals surface area contributed by atoms with Crippen molar-refractivity contribution in [3.05, 3.63) is 30.4 Å². The maximum absolute atomic E-state index is 4.79. The Morgan fingerprint density at radius 3 is 3.00 bits per heavy atom. The van der Waals surface area contributed by atoms with Crippen LogP contribution in [0.5, 0.6) is 0 Å². The number of anilines is 1. The number of aryl methyl sites for hydroxylation is 2. The van der Waals surface area contributed by atoms with E-state index in [2.05, 4.69) is 39.9 Å². The Balaban J connectivity index is 1.74. The Labute approximate surface area is 147 Å². The van der Waals surface area contributed by atoms with Crippen molar-refractivity contribution in [2.45, 2.75) is 58.5 Å². The summed E-state index contributed by atoms with van der Waals surface area (Å²) >= 11 is 0. The molecule has 0 saturated heterocycles. The maximum Gasteiger partial charge on any atom is 0.223 e. The molecule has 1 N–H and O–H groups in total. The molecule has 0 aliphatic carbocycles. The molecule has 25 heavy (non-hydrogen) atoms. The van der Waals surface area contributed by atoms with E-state index < -0.39 is 0 Å². The molecule has 6 nitrogen and oxygen atoms in total. The Hall–Kier alpha value is -2.50. The smallest absolute Gasteiger partial charge is 0.223 e. The third-order valence-electron chi connectivity index (χ3n) is 4.78. The van der Waals surface area contributed by atoms with Crippen molar-refractivity contribution in [1.29, 1.82) is 0 Å². The third-order valence-corrected chi connectivity index (χ3v) is 4.78. The molecule has 0 radical (unpaired) electrons. The summed E-state index contributed by atoms with van der Waals surface area (Å²) in [7, 11) is 0. The molecule has 0 amide bonds. The second-order valence-electron chi connectivity index (χ2n) is 6.85. The molecule has 4 rings (SSSR count). The molecule has 0 bridgehead atoms. The van der Waals surface area contributed by atoms with Crippen LogP contribution in [-0.4, -0.2) is 30.8 Å². The van der Waals surface area contributed by atoms with Gasteiger partial charge in [-0.3, -0.25) is 9.67 Å². The van der Waals surface area contributed by atoms with E-state index >= 15 is 0 Å². The van der Waals surface area contributed by atoms with Crippen molar-refractivity contribution < 1.29 is 0 Å². The molecule has 1 aliphatic rings. The van der Waals surface area contributed by atoms with Gasteiger partial charge < -0.3 is 5.32 Å². The van der Waals surface area contributed by atoms with Crippen LogP contribution < -0.4 is 5.32 Å². The SMILES string of the molecule is CCC[C@H](C)Nc1ncc2cncc(-c3cc4n(n3)CCCC4)c2n1. The number of rotatable bonds is 5. The van der Waals surface area contributed by atoms with Gasteiger partial charge in [0.25, 0.3) is 0 Å². The van der Waals surface area contributed by atoms with Gasteiger partial charge in [0.1, 0.15) is 0 Å². The van der Waals surface area contributed by atoms with E-state index in [-0.39, 0.29) is 0 Å². The maximum atomic E-state index is 4.79. The number of fused-ring (bicyclic) bond motifs is 2. The average Bonchev–Trinajstić information content (AvgIpc) is 3.05. The van der Waals surface area contributed by atoms with Gasteiger partial charge in [-0.2, -0.15) is 5.10 Å². The zero-order valence-corrected chi connectivity index (χ0v) is 14.9. The zero-order chi connectivity index (χ0) is 17.2. The van der Waals surface area contributed by atoms with Gasteiger partial charge in [0.2, 0.25) is 5.95 Å². The molecular weight excluding hydrogens is 312 g/mol. The van der Waals surface area contributed by atoms with Gasteiger partial charge in [0, 0.05) is 47.8 Å². The van der Waals surface area contributed by atoms with Crippen LogP contribution in [0.3, 0.4) is 0 Å². The predicted molar refractivity (Wildman–Crippen MR) is 99.5 cm³/mol. The minimum Gasteiger partial charge on any atom is -0.352 e. The predicted octanol–water partition coefficient (Wildman–Crippen LogP) is 3.83. The Bertz CT molecular complexity index is 861. The summed E-state index contributed by atoms with van der Waals surface area (Å²) in [6.07, 6.45) is 11.3. The lowest BCUT2D eigenvalue weighted by atomic mass is 10.1. The standard InChI is InChI=1S/C19H24N6/c1-3-6-13(2)22-19-21-11-14-10-20-12-16(18(14)23-19)17-9-15-7-4-5-8-25(15)24-17/h9-13H,3-8H2,1-2H3,(H,21,22,23)/t13-/m0/s1. The van der Waals surface area contributed by atoms with Crippen molar-refractivity contribution in [3.8, 4) is 11.3 Å². The highest BCUT2D eigenvalue weighted by Gasteiger charge is 2.16. The number of hydrogen-bond acceptors (Lipinski definition) is 5. The second kappa shape index (κ2) is 6.78. The fraction of sp³-hybridized carbons (Fsp3) is 0.474. The van der Waals surface area contributed by atoms with Crippen LogP contribution in [0, 0.1) is 0 Å². The van der Waals surface area contributed by atoms with Crippen LogP contribution in [0.2, 0.25) is 0 Å². The van der Waals surface area contributed by atoms with Crippen molar-refractivity contribution in [3.63, 3.8) is 0 Å². The van der Waals surface area contributed by atoms with Crippen LogP contribution in [-0.2, 0) is 13.0 Å². The summed E-state index contributed by atoms with van der Waals surface area (Å²) in [6, 6.07) is 2.54. The summed E-state index contributed by atoms with van der Waals surface area (Å²) in [5.74, 6) is 0.671. The van der Waals surface area contributed by atoms with Gasteiger partial charge in [0.05, 0.1) is 11.2 Å². The van der Waals surface area contributed by atoms with E-state index in [0.717, 1.165) is 48.0 Å². The molecule has 0 spiro atoms. The van der Waals surface area contributed by atoms with E-state index in [1.807, 2.05) is 18.6 Å². The van der Waals surface area contributed by atoms with E-state index in [9.17, 15) is 0 Å². The molecule has 130 valence electrons. The Kier molecular flexibility index (Phi) is 4.34. The highest BCUT2D eigenvalue weighted by Crippen LogP contribution is 2.28. The van der Waals surface area contributed by atoms with Crippen molar-refractivity contribution in [1.82, 2.24) is 24.7 Å². The normalized spacial score (nSPS) is 15.1. The first-order valence-electron chi connectivity index (χ1n) is 9.19. The highest BCUT2D eigenvalue weighted by atomic mass is 15.3. The van der Waals surface area contributed by atoms with E-state index in [0.29, 0.717) is 12.0 Å². The molecule has 3 aromatic rings. The number of pyridine rings is 1. The number of aromatic nitrogens is 5. The van der Waals surface area contributed by atoms with Crippen molar-refractivity contribution in [2.75, 3.05) is 5.32 Å². The Morgan fingerprint density at radius 1 is 1.24 bits per heavy atom. The highest BCUT2D eigenvalue weighted by molar-refractivity contribution is 5.91. The monoisotopic (exact) mass is 336 g/mol. The zero-order valence-electron chi connectivity index (χ0n) is 14.9. The molecule has 6 heteroatoms. The second-order valence-corrected chi connectivity index (χ2v) is 6.85. The molecule has 0 unspecified atom stereocenters. The van der Waals surface area contributed by atoms with Crippen LogP contribution in [0.15, 0.2) is 24.7 Å². The van der Waals surface area contributed by atoms with E-state index in [4.69, 9.17) is 10.1 Å². The molecule has 1 aliphatic heterocycles. The molecule has 0 aromatic carbocycles. The van der Waals surface area contributed by atoms with Crippen LogP contribution in [0.25, 0.3) is 22.2 Å². The molecule has 0 saturated carbocycles. The lowest BCUT2D eigenvalue weighted by molar-refractivity contribution is 0.487.